The van der Waals surface area contributed by atoms with Crippen molar-refractivity contribution in [2.75, 3.05) is 18.6 Å². The molecule has 0 radical (unpaired) electrons. The van der Waals surface area contributed by atoms with Gasteiger partial charge in [-0.2, -0.15) is 0 Å². The fraction of sp³-hybridized carbons (Fsp3) is 0.250. The highest BCUT2D eigenvalue weighted by atomic mass is 19.1. The van der Waals surface area contributed by atoms with Gasteiger partial charge in [0.2, 0.25) is 0 Å². The number of nitrogens with zero attached hydrogens (tertiary/aromatic N) is 2. The maximum atomic E-state index is 13.5. The second-order valence-corrected chi connectivity index (χ2v) is 5.20. The maximum absolute atomic E-state index is 13.5. The van der Waals surface area contributed by atoms with Crippen LogP contribution in [0.2, 0.25) is 0 Å². The van der Waals surface area contributed by atoms with Gasteiger partial charge in [0.15, 0.2) is 0 Å². The number of methoxy groups -OCH3 is 1. The molecule has 0 aromatic heterocycles. The Hall–Kier alpha value is -2.63. The molecular formula is C16H15FN2O3. The van der Waals surface area contributed by atoms with Gasteiger partial charge in [-0.05, 0) is 35.7 Å². The Morgan fingerprint density at radius 1 is 1.23 bits per heavy atom. The van der Waals surface area contributed by atoms with Crippen molar-refractivity contribution >= 4 is 11.4 Å². The maximum Gasteiger partial charge on any atom is 0.292 e. The lowest BCUT2D eigenvalue weighted by molar-refractivity contribution is -0.384. The molecule has 1 aliphatic rings. The zero-order valence-electron chi connectivity index (χ0n) is 12.1. The Labute approximate surface area is 127 Å². The van der Waals surface area contributed by atoms with E-state index in [9.17, 15) is 14.5 Å². The zero-order valence-corrected chi connectivity index (χ0v) is 12.1. The van der Waals surface area contributed by atoms with E-state index in [0.717, 1.165) is 23.8 Å². The second-order valence-electron chi connectivity index (χ2n) is 5.20. The Morgan fingerprint density at radius 2 is 2.05 bits per heavy atom. The molecule has 0 unspecified atom stereocenters. The van der Waals surface area contributed by atoms with Crippen molar-refractivity contribution in [3.8, 4) is 5.75 Å². The monoisotopic (exact) mass is 302 g/mol. The first-order valence-electron chi connectivity index (χ1n) is 6.93. The minimum atomic E-state index is -0.476. The summed E-state index contributed by atoms with van der Waals surface area (Å²) in [6.07, 6.45) is 0.757. The van der Waals surface area contributed by atoms with Crippen molar-refractivity contribution in [3.05, 3.63) is 63.5 Å². The lowest BCUT2D eigenvalue weighted by Crippen LogP contribution is -2.30. The van der Waals surface area contributed by atoms with E-state index in [4.69, 9.17) is 4.74 Å². The number of hydrogen-bond donors (Lipinski definition) is 0. The summed E-state index contributed by atoms with van der Waals surface area (Å²) in [5.41, 5.74) is 2.48. The lowest BCUT2D eigenvalue weighted by Gasteiger charge is -2.30. The summed E-state index contributed by atoms with van der Waals surface area (Å²) in [5, 5.41) is 11.2. The van der Waals surface area contributed by atoms with Crippen molar-refractivity contribution in [1.29, 1.82) is 0 Å². The molecule has 0 saturated heterocycles. The van der Waals surface area contributed by atoms with Crippen molar-refractivity contribution in [2.24, 2.45) is 0 Å². The topological polar surface area (TPSA) is 55.6 Å². The molecule has 0 saturated carbocycles. The summed E-state index contributed by atoms with van der Waals surface area (Å²) in [6.45, 7) is 1.11. The van der Waals surface area contributed by atoms with E-state index in [2.05, 4.69) is 0 Å². The third-order valence-corrected chi connectivity index (χ3v) is 3.90. The Balaban J connectivity index is 1.97. The zero-order chi connectivity index (χ0) is 15.7. The van der Waals surface area contributed by atoms with Gasteiger partial charge in [0.1, 0.15) is 17.3 Å². The molecule has 2 aromatic rings. The molecule has 6 heteroatoms. The van der Waals surface area contributed by atoms with Gasteiger partial charge in [-0.15, -0.1) is 0 Å². The van der Waals surface area contributed by atoms with Crippen LogP contribution in [0.3, 0.4) is 0 Å². The van der Waals surface area contributed by atoms with E-state index < -0.39 is 10.7 Å². The van der Waals surface area contributed by atoms with Crippen molar-refractivity contribution < 1.29 is 14.1 Å². The molecule has 1 aliphatic heterocycles. The molecule has 0 bridgehead atoms. The number of anilines is 1. The smallest absolute Gasteiger partial charge is 0.292 e. The normalized spacial score (nSPS) is 13.6. The van der Waals surface area contributed by atoms with Gasteiger partial charge in [-0.25, -0.2) is 4.39 Å². The first-order valence-corrected chi connectivity index (χ1v) is 6.93. The van der Waals surface area contributed by atoms with E-state index in [1.54, 1.807) is 7.11 Å². The molecule has 5 nitrogen and oxygen atoms in total. The number of benzene rings is 2. The summed E-state index contributed by atoms with van der Waals surface area (Å²) in [6, 6.07) is 9.38. The SMILES string of the molecule is COc1ccc2c(c1)CN(c1cc(F)ccc1[N+](=O)[O-])CC2. The summed E-state index contributed by atoms with van der Waals surface area (Å²) >= 11 is 0. The van der Waals surface area contributed by atoms with E-state index in [1.165, 1.54) is 17.7 Å². The molecular weight excluding hydrogens is 287 g/mol. The molecule has 0 amide bonds. The Kier molecular flexibility index (Phi) is 3.66. The quantitative estimate of drug-likeness (QED) is 0.645. The number of halogens is 1. The molecule has 1 heterocycles. The molecule has 114 valence electrons. The van der Waals surface area contributed by atoms with Gasteiger partial charge in [-0.3, -0.25) is 10.1 Å². The fourth-order valence-electron chi connectivity index (χ4n) is 2.77. The van der Waals surface area contributed by atoms with Crippen molar-refractivity contribution in [2.45, 2.75) is 13.0 Å². The summed E-state index contributed by atoms with van der Waals surface area (Å²) in [7, 11) is 1.60. The first-order chi connectivity index (χ1) is 10.6. The van der Waals surface area contributed by atoms with E-state index in [1.807, 2.05) is 23.1 Å². The second kappa shape index (κ2) is 5.63. The van der Waals surface area contributed by atoms with Gasteiger partial charge in [0.25, 0.3) is 5.69 Å². The largest absolute Gasteiger partial charge is 0.497 e. The van der Waals surface area contributed by atoms with Gasteiger partial charge in [0.05, 0.1) is 12.0 Å². The number of hydrogen-bond acceptors (Lipinski definition) is 4. The van der Waals surface area contributed by atoms with E-state index in [-0.39, 0.29) is 5.69 Å². The average molecular weight is 302 g/mol. The highest BCUT2D eigenvalue weighted by Crippen LogP contribution is 2.33. The Bertz CT molecular complexity index is 733. The van der Waals surface area contributed by atoms with Gasteiger partial charge in [-0.1, -0.05) is 6.07 Å². The number of nitro benzene ring substituents is 1. The predicted octanol–water partition coefficient (Wildman–Crippen LogP) is 3.31. The molecule has 0 aliphatic carbocycles. The highest BCUT2D eigenvalue weighted by Gasteiger charge is 2.24. The molecule has 0 atom stereocenters. The van der Waals surface area contributed by atoms with Crippen LogP contribution < -0.4 is 9.64 Å². The third-order valence-electron chi connectivity index (χ3n) is 3.90. The average Bonchev–Trinajstić information content (AvgIpc) is 2.53. The van der Waals surface area contributed by atoms with Crippen molar-refractivity contribution in [1.82, 2.24) is 0 Å². The summed E-state index contributed by atoms with van der Waals surface area (Å²) < 4.78 is 18.7. The minimum absolute atomic E-state index is 0.0762. The number of nitro groups is 1. The summed E-state index contributed by atoms with van der Waals surface area (Å²) in [5.74, 6) is 0.270. The van der Waals surface area contributed by atoms with Crippen molar-refractivity contribution in [3.63, 3.8) is 0 Å². The predicted molar refractivity (Wildman–Crippen MR) is 80.8 cm³/mol. The Morgan fingerprint density at radius 3 is 2.77 bits per heavy atom. The van der Waals surface area contributed by atoms with Crippen LogP contribution in [0.4, 0.5) is 15.8 Å². The van der Waals surface area contributed by atoms with Gasteiger partial charge < -0.3 is 9.64 Å². The molecule has 2 aromatic carbocycles. The van der Waals surface area contributed by atoms with E-state index in [0.29, 0.717) is 18.8 Å². The highest BCUT2D eigenvalue weighted by molar-refractivity contribution is 5.64. The lowest BCUT2D eigenvalue weighted by atomic mass is 9.98. The number of rotatable bonds is 3. The van der Waals surface area contributed by atoms with Gasteiger partial charge in [0, 0.05) is 25.2 Å². The third kappa shape index (κ3) is 2.59. The standard InChI is InChI=1S/C16H15FN2O3/c1-22-14-4-2-11-6-7-18(10-12(11)8-14)16-9-13(17)3-5-15(16)19(20)21/h2-5,8-9H,6-7,10H2,1H3. The molecule has 3 rings (SSSR count). The number of ether oxygens (including phenoxy) is 1. The molecule has 0 fully saturated rings. The molecule has 0 N–H and O–H groups in total. The van der Waals surface area contributed by atoms with Crippen LogP contribution in [-0.2, 0) is 13.0 Å². The molecule has 0 spiro atoms. The van der Waals surface area contributed by atoms with Crippen LogP contribution in [-0.4, -0.2) is 18.6 Å². The minimum Gasteiger partial charge on any atom is -0.497 e. The van der Waals surface area contributed by atoms with Gasteiger partial charge >= 0.3 is 0 Å². The van der Waals surface area contributed by atoms with Crippen LogP contribution in [0, 0.1) is 15.9 Å². The van der Waals surface area contributed by atoms with Crippen LogP contribution >= 0.6 is 0 Å². The summed E-state index contributed by atoms with van der Waals surface area (Å²) in [4.78, 5) is 12.5. The molecule has 22 heavy (non-hydrogen) atoms. The number of fused-ring (bicyclic) bond motifs is 1. The fourth-order valence-corrected chi connectivity index (χ4v) is 2.77. The van der Waals surface area contributed by atoms with Crippen LogP contribution in [0.25, 0.3) is 0 Å². The van der Waals surface area contributed by atoms with Crippen LogP contribution in [0.15, 0.2) is 36.4 Å². The van der Waals surface area contributed by atoms with E-state index >= 15 is 0 Å². The van der Waals surface area contributed by atoms with Crippen LogP contribution in [0.5, 0.6) is 5.75 Å². The van der Waals surface area contributed by atoms with Crippen LogP contribution in [0.1, 0.15) is 11.1 Å². The first kappa shape index (κ1) is 14.3.